The second-order valence-corrected chi connectivity index (χ2v) is 5.26. The molecule has 0 aromatic heterocycles. The van der Waals surface area contributed by atoms with Gasteiger partial charge in [-0.3, -0.25) is 0 Å². The minimum atomic E-state index is -0.671. The Hall–Kier alpha value is -1.46. The van der Waals surface area contributed by atoms with Gasteiger partial charge < -0.3 is 14.2 Å². The lowest BCUT2D eigenvalue weighted by atomic mass is 9.95. The van der Waals surface area contributed by atoms with Crippen LogP contribution in [0.3, 0.4) is 0 Å². The fraction of sp³-hybridized carbons (Fsp3) is 0.562. The van der Waals surface area contributed by atoms with Crippen LogP contribution in [0.4, 0.5) is 4.39 Å². The number of methoxy groups -OCH3 is 2. The highest BCUT2D eigenvalue weighted by Gasteiger charge is 2.22. The molecule has 1 aliphatic rings. The van der Waals surface area contributed by atoms with E-state index >= 15 is 0 Å². The molecule has 21 heavy (non-hydrogen) atoms. The summed E-state index contributed by atoms with van der Waals surface area (Å²) in [4.78, 5) is 11.3. The lowest BCUT2D eigenvalue weighted by Gasteiger charge is -2.28. The Morgan fingerprint density at radius 1 is 1.29 bits per heavy atom. The second kappa shape index (κ2) is 7.52. The molecule has 0 amide bonds. The summed E-state index contributed by atoms with van der Waals surface area (Å²) in [6, 6.07) is 4.44. The number of esters is 1. The summed E-state index contributed by atoms with van der Waals surface area (Å²) in [5.41, 5.74) is 0.651. The van der Waals surface area contributed by atoms with E-state index in [1.165, 1.54) is 19.2 Å². The van der Waals surface area contributed by atoms with Gasteiger partial charge >= 0.3 is 5.97 Å². The van der Waals surface area contributed by atoms with Gasteiger partial charge in [0.05, 0.1) is 31.5 Å². The first-order valence-electron chi connectivity index (χ1n) is 7.15. The number of rotatable bonds is 5. The molecule has 5 heteroatoms. The first-order valence-corrected chi connectivity index (χ1v) is 7.15. The Balaban J connectivity index is 1.91. The molecule has 116 valence electrons. The van der Waals surface area contributed by atoms with Crippen LogP contribution in [0.5, 0.6) is 0 Å². The molecule has 1 aromatic rings. The van der Waals surface area contributed by atoms with E-state index in [1.54, 1.807) is 13.2 Å². The van der Waals surface area contributed by atoms with Crippen LogP contribution in [-0.2, 0) is 20.8 Å². The first-order chi connectivity index (χ1) is 10.1. The van der Waals surface area contributed by atoms with Crippen LogP contribution in [-0.4, -0.2) is 32.4 Å². The highest BCUT2D eigenvalue weighted by atomic mass is 19.1. The molecule has 0 radical (unpaired) electrons. The van der Waals surface area contributed by atoms with Gasteiger partial charge in [0.2, 0.25) is 0 Å². The molecule has 2 unspecified atom stereocenters. The Morgan fingerprint density at radius 2 is 2.05 bits per heavy atom. The smallest absolute Gasteiger partial charge is 0.340 e. The maximum atomic E-state index is 13.8. The Labute approximate surface area is 124 Å². The van der Waals surface area contributed by atoms with Gasteiger partial charge in [-0.2, -0.15) is 0 Å². The minimum absolute atomic E-state index is 0.0571. The van der Waals surface area contributed by atoms with Crippen molar-refractivity contribution >= 4 is 5.97 Å². The maximum absolute atomic E-state index is 13.8. The van der Waals surface area contributed by atoms with E-state index in [-0.39, 0.29) is 17.8 Å². The summed E-state index contributed by atoms with van der Waals surface area (Å²) in [6.07, 6.45) is 4.42. The normalized spacial score (nSPS) is 22.0. The Kier molecular flexibility index (Phi) is 5.70. The number of carbonyl (C=O) groups is 1. The third kappa shape index (κ3) is 4.25. The van der Waals surface area contributed by atoms with E-state index in [4.69, 9.17) is 9.47 Å². The topological polar surface area (TPSA) is 44.8 Å². The molecule has 0 bridgehead atoms. The predicted octanol–water partition coefficient (Wildman–Crippen LogP) is 3.09. The molecule has 1 fully saturated rings. The number of carbonyl (C=O) groups excluding carboxylic acids is 1. The van der Waals surface area contributed by atoms with Crippen molar-refractivity contribution < 1.29 is 23.4 Å². The lowest BCUT2D eigenvalue weighted by molar-refractivity contribution is -0.0364. The molecule has 0 aliphatic heterocycles. The van der Waals surface area contributed by atoms with Gasteiger partial charge in [-0.05, 0) is 43.4 Å². The largest absolute Gasteiger partial charge is 0.465 e. The molecular weight excluding hydrogens is 275 g/mol. The predicted molar refractivity (Wildman–Crippen MR) is 75.6 cm³/mol. The zero-order chi connectivity index (χ0) is 15.2. The zero-order valence-corrected chi connectivity index (χ0v) is 12.4. The standard InChI is InChI=1S/C16H21FO4/c1-19-12-4-3-5-13(9-12)21-10-11-6-7-14(15(17)8-11)16(18)20-2/h6-8,12-13H,3-5,9-10H2,1-2H3. The van der Waals surface area contributed by atoms with Gasteiger partial charge in [-0.1, -0.05) is 6.07 Å². The molecule has 0 saturated heterocycles. The van der Waals surface area contributed by atoms with Gasteiger partial charge in [0.25, 0.3) is 0 Å². The lowest BCUT2D eigenvalue weighted by Crippen LogP contribution is -2.27. The minimum Gasteiger partial charge on any atom is -0.465 e. The van der Waals surface area contributed by atoms with Crippen LogP contribution in [0.15, 0.2) is 18.2 Å². The number of hydrogen-bond donors (Lipinski definition) is 0. The van der Waals surface area contributed by atoms with Gasteiger partial charge in [0.15, 0.2) is 0 Å². The van der Waals surface area contributed by atoms with Crippen LogP contribution in [0.2, 0.25) is 0 Å². The molecule has 1 saturated carbocycles. The van der Waals surface area contributed by atoms with Crippen molar-refractivity contribution in [3.63, 3.8) is 0 Å². The summed E-state index contributed by atoms with van der Waals surface area (Å²) >= 11 is 0. The van der Waals surface area contributed by atoms with Gasteiger partial charge in [-0.15, -0.1) is 0 Å². The summed E-state index contributed by atoms with van der Waals surface area (Å²) in [5.74, 6) is -1.25. The van der Waals surface area contributed by atoms with E-state index in [0.717, 1.165) is 25.7 Å². The average molecular weight is 296 g/mol. The molecular formula is C16H21FO4. The van der Waals surface area contributed by atoms with Crippen molar-refractivity contribution in [1.29, 1.82) is 0 Å². The van der Waals surface area contributed by atoms with Gasteiger partial charge in [0.1, 0.15) is 5.82 Å². The summed E-state index contributed by atoms with van der Waals surface area (Å²) < 4.78 is 29.5. The fourth-order valence-electron chi connectivity index (χ4n) is 2.61. The third-order valence-electron chi connectivity index (χ3n) is 3.84. The zero-order valence-electron chi connectivity index (χ0n) is 12.4. The van der Waals surface area contributed by atoms with Crippen molar-refractivity contribution in [3.8, 4) is 0 Å². The number of ether oxygens (including phenoxy) is 3. The van der Waals surface area contributed by atoms with Crippen molar-refractivity contribution in [2.45, 2.75) is 44.5 Å². The third-order valence-corrected chi connectivity index (χ3v) is 3.84. The van der Waals surface area contributed by atoms with Crippen molar-refractivity contribution in [3.05, 3.63) is 35.1 Å². The summed E-state index contributed by atoms with van der Waals surface area (Å²) in [5, 5.41) is 0. The number of hydrogen-bond acceptors (Lipinski definition) is 4. The van der Waals surface area contributed by atoms with Gasteiger partial charge in [0, 0.05) is 7.11 Å². The van der Waals surface area contributed by atoms with Crippen LogP contribution < -0.4 is 0 Å². The molecule has 0 spiro atoms. The summed E-state index contributed by atoms with van der Waals surface area (Å²) in [6.45, 7) is 0.333. The monoisotopic (exact) mass is 296 g/mol. The van der Waals surface area contributed by atoms with Crippen LogP contribution >= 0.6 is 0 Å². The van der Waals surface area contributed by atoms with Crippen molar-refractivity contribution in [2.24, 2.45) is 0 Å². The van der Waals surface area contributed by atoms with Crippen LogP contribution in [0.1, 0.15) is 41.6 Å². The molecule has 2 atom stereocenters. The molecule has 1 aromatic carbocycles. The molecule has 0 N–H and O–H groups in total. The molecule has 0 heterocycles. The Bertz CT molecular complexity index is 489. The Morgan fingerprint density at radius 3 is 2.71 bits per heavy atom. The fourth-order valence-corrected chi connectivity index (χ4v) is 2.61. The maximum Gasteiger partial charge on any atom is 0.340 e. The number of benzene rings is 1. The molecule has 4 nitrogen and oxygen atoms in total. The highest BCUT2D eigenvalue weighted by Crippen LogP contribution is 2.24. The summed E-state index contributed by atoms with van der Waals surface area (Å²) in [7, 11) is 2.95. The highest BCUT2D eigenvalue weighted by molar-refractivity contribution is 5.89. The quantitative estimate of drug-likeness (QED) is 0.783. The average Bonchev–Trinajstić information content (AvgIpc) is 2.52. The van der Waals surface area contributed by atoms with Crippen LogP contribution in [0, 0.1) is 5.82 Å². The van der Waals surface area contributed by atoms with E-state index in [9.17, 15) is 9.18 Å². The van der Waals surface area contributed by atoms with E-state index < -0.39 is 11.8 Å². The van der Waals surface area contributed by atoms with E-state index in [0.29, 0.717) is 12.2 Å². The van der Waals surface area contributed by atoms with Crippen molar-refractivity contribution in [1.82, 2.24) is 0 Å². The van der Waals surface area contributed by atoms with Crippen LogP contribution in [0.25, 0.3) is 0 Å². The number of halogens is 1. The molecule has 1 aliphatic carbocycles. The van der Waals surface area contributed by atoms with E-state index in [1.807, 2.05) is 0 Å². The van der Waals surface area contributed by atoms with Crippen molar-refractivity contribution in [2.75, 3.05) is 14.2 Å². The first kappa shape index (κ1) is 15.9. The second-order valence-electron chi connectivity index (χ2n) is 5.26. The van der Waals surface area contributed by atoms with Gasteiger partial charge in [-0.25, -0.2) is 9.18 Å². The SMILES string of the molecule is COC(=O)c1ccc(COC2CCCC(OC)C2)cc1F. The molecule has 2 rings (SSSR count). The van der Waals surface area contributed by atoms with E-state index in [2.05, 4.69) is 4.74 Å².